The molecule has 0 N–H and O–H groups in total. The van der Waals surface area contributed by atoms with Crippen molar-refractivity contribution in [2.24, 2.45) is 0 Å². The standard InChI is InChI=1S/C10H8BrF2N3/c1-10(12,13)8-14-15-9(11)16(8)7-5-3-2-4-6-7/h2-6H,1H3. The molecule has 2 rings (SSSR count). The van der Waals surface area contributed by atoms with Gasteiger partial charge < -0.3 is 0 Å². The number of alkyl halides is 2. The highest BCUT2D eigenvalue weighted by Gasteiger charge is 2.32. The van der Waals surface area contributed by atoms with Crippen LogP contribution < -0.4 is 0 Å². The number of hydrogen-bond donors (Lipinski definition) is 0. The molecule has 3 nitrogen and oxygen atoms in total. The number of para-hydroxylation sites is 1. The van der Waals surface area contributed by atoms with Gasteiger partial charge in [-0.2, -0.15) is 8.78 Å². The van der Waals surface area contributed by atoms with Crippen molar-refractivity contribution in [2.75, 3.05) is 0 Å². The first-order chi connectivity index (χ1) is 7.50. The number of nitrogens with zero attached hydrogens (tertiary/aromatic N) is 3. The third kappa shape index (κ3) is 1.97. The summed E-state index contributed by atoms with van der Waals surface area (Å²) in [5.41, 5.74) is 0.593. The monoisotopic (exact) mass is 287 g/mol. The second kappa shape index (κ2) is 3.93. The summed E-state index contributed by atoms with van der Waals surface area (Å²) in [6.07, 6.45) is 0. The van der Waals surface area contributed by atoms with Gasteiger partial charge in [0, 0.05) is 12.6 Å². The van der Waals surface area contributed by atoms with Crippen molar-refractivity contribution in [1.82, 2.24) is 14.8 Å². The van der Waals surface area contributed by atoms with E-state index in [1.807, 2.05) is 6.07 Å². The van der Waals surface area contributed by atoms with Gasteiger partial charge in [0.25, 0.3) is 0 Å². The molecule has 84 valence electrons. The highest BCUT2D eigenvalue weighted by atomic mass is 79.9. The molecular weight excluding hydrogens is 280 g/mol. The van der Waals surface area contributed by atoms with Crippen LogP contribution in [0.1, 0.15) is 12.7 Å². The van der Waals surface area contributed by atoms with E-state index in [4.69, 9.17) is 0 Å². The zero-order valence-corrected chi connectivity index (χ0v) is 9.95. The minimum Gasteiger partial charge on any atom is -0.269 e. The SMILES string of the molecule is CC(F)(F)c1nnc(Br)n1-c1ccccc1. The maximum atomic E-state index is 13.3. The Morgan fingerprint density at radius 2 is 1.81 bits per heavy atom. The smallest absolute Gasteiger partial charge is 0.269 e. The number of hydrogen-bond acceptors (Lipinski definition) is 2. The molecule has 2 aromatic rings. The van der Waals surface area contributed by atoms with Crippen molar-refractivity contribution < 1.29 is 8.78 Å². The summed E-state index contributed by atoms with van der Waals surface area (Å²) < 4.78 is 28.1. The lowest BCUT2D eigenvalue weighted by Gasteiger charge is -2.12. The molecule has 0 radical (unpaired) electrons. The number of halogens is 3. The Hall–Kier alpha value is -1.30. The quantitative estimate of drug-likeness (QED) is 0.850. The van der Waals surface area contributed by atoms with Gasteiger partial charge in [0.15, 0.2) is 0 Å². The van der Waals surface area contributed by atoms with Gasteiger partial charge >= 0.3 is 5.92 Å². The molecule has 0 saturated carbocycles. The average molecular weight is 288 g/mol. The highest BCUT2D eigenvalue weighted by Crippen LogP contribution is 2.29. The summed E-state index contributed by atoms with van der Waals surface area (Å²) in [7, 11) is 0. The van der Waals surface area contributed by atoms with E-state index in [0.29, 0.717) is 5.69 Å². The summed E-state index contributed by atoms with van der Waals surface area (Å²) in [4.78, 5) is 0. The van der Waals surface area contributed by atoms with Gasteiger partial charge in [-0.1, -0.05) is 18.2 Å². The lowest BCUT2D eigenvalue weighted by Crippen LogP contribution is -2.15. The van der Waals surface area contributed by atoms with Crippen LogP contribution in [0.2, 0.25) is 0 Å². The average Bonchev–Trinajstić information content (AvgIpc) is 2.61. The fraction of sp³-hybridized carbons (Fsp3) is 0.200. The van der Waals surface area contributed by atoms with Gasteiger partial charge in [-0.15, -0.1) is 10.2 Å². The normalized spacial score (nSPS) is 11.8. The van der Waals surface area contributed by atoms with Crippen molar-refractivity contribution in [3.8, 4) is 5.69 Å². The summed E-state index contributed by atoms with van der Waals surface area (Å²) >= 11 is 3.10. The molecule has 0 unspecified atom stereocenters. The minimum atomic E-state index is -3.03. The summed E-state index contributed by atoms with van der Waals surface area (Å²) in [5.74, 6) is -3.42. The Morgan fingerprint density at radius 3 is 2.38 bits per heavy atom. The van der Waals surface area contributed by atoms with Crippen LogP contribution in [-0.4, -0.2) is 14.8 Å². The van der Waals surface area contributed by atoms with Gasteiger partial charge in [0.05, 0.1) is 0 Å². The van der Waals surface area contributed by atoms with E-state index < -0.39 is 5.92 Å². The van der Waals surface area contributed by atoms with Crippen LogP contribution in [0, 0.1) is 0 Å². The zero-order valence-electron chi connectivity index (χ0n) is 8.36. The minimum absolute atomic E-state index is 0.259. The van der Waals surface area contributed by atoms with Gasteiger partial charge in [-0.3, -0.25) is 4.57 Å². The molecule has 1 aromatic carbocycles. The molecule has 16 heavy (non-hydrogen) atoms. The number of benzene rings is 1. The molecule has 0 bridgehead atoms. The Morgan fingerprint density at radius 1 is 1.19 bits per heavy atom. The maximum Gasteiger partial charge on any atom is 0.304 e. The van der Waals surface area contributed by atoms with Crippen LogP contribution in [0.5, 0.6) is 0 Å². The molecule has 0 saturated heterocycles. The van der Waals surface area contributed by atoms with E-state index in [1.54, 1.807) is 24.3 Å². The Kier molecular flexibility index (Phi) is 2.75. The number of aromatic nitrogens is 3. The van der Waals surface area contributed by atoms with Crippen molar-refractivity contribution in [2.45, 2.75) is 12.8 Å². The molecule has 0 spiro atoms. The van der Waals surface area contributed by atoms with Gasteiger partial charge in [-0.05, 0) is 28.1 Å². The topological polar surface area (TPSA) is 30.7 Å². The maximum absolute atomic E-state index is 13.3. The molecule has 1 heterocycles. The third-order valence-electron chi connectivity index (χ3n) is 2.03. The molecule has 0 amide bonds. The van der Waals surface area contributed by atoms with E-state index >= 15 is 0 Å². The molecule has 0 aliphatic heterocycles. The first-order valence-corrected chi connectivity index (χ1v) is 5.34. The van der Waals surface area contributed by atoms with Crippen LogP contribution in [-0.2, 0) is 5.92 Å². The van der Waals surface area contributed by atoms with Crippen LogP contribution in [0.4, 0.5) is 8.78 Å². The lowest BCUT2D eigenvalue weighted by atomic mass is 10.3. The van der Waals surface area contributed by atoms with Crippen LogP contribution >= 0.6 is 15.9 Å². The van der Waals surface area contributed by atoms with E-state index in [9.17, 15) is 8.78 Å². The van der Waals surface area contributed by atoms with Crippen molar-refractivity contribution in [1.29, 1.82) is 0 Å². The Bertz CT molecular complexity index is 491. The Labute approximate surface area is 99.2 Å². The molecular formula is C10H8BrF2N3. The van der Waals surface area contributed by atoms with Crippen LogP contribution in [0.25, 0.3) is 5.69 Å². The first kappa shape index (κ1) is 11.2. The van der Waals surface area contributed by atoms with Crippen molar-refractivity contribution in [3.63, 3.8) is 0 Å². The van der Waals surface area contributed by atoms with E-state index in [0.717, 1.165) is 6.92 Å². The van der Waals surface area contributed by atoms with Crippen molar-refractivity contribution in [3.05, 3.63) is 40.9 Å². The van der Waals surface area contributed by atoms with E-state index in [2.05, 4.69) is 26.1 Å². The van der Waals surface area contributed by atoms with Gasteiger partial charge in [-0.25, -0.2) is 0 Å². The van der Waals surface area contributed by atoms with Crippen LogP contribution in [0.3, 0.4) is 0 Å². The number of rotatable bonds is 2. The summed E-state index contributed by atoms with van der Waals surface area (Å²) in [5, 5.41) is 7.09. The van der Waals surface area contributed by atoms with E-state index in [-0.39, 0.29) is 10.6 Å². The highest BCUT2D eigenvalue weighted by molar-refractivity contribution is 9.10. The van der Waals surface area contributed by atoms with Crippen molar-refractivity contribution >= 4 is 15.9 Å². The Balaban J connectivity index is 2.61. The third-order valence-corrected chi connectivity index (χ3v) is 2.54. The molecule has 0 atom stereocenters. The second-order valence-electron chi connectivity index (χ2n) is 3.35. The largest absolute Gasteiger partial charge is 0.304 e. The van der Waals surface area contributed by atoms with Crippen LogP contribution in [0.15, 0.2) is 35.1 Å². The second-order valence-corrected chi connectivity index (χ2v) is 4.06. The molecule has 0 fully saturated rings. The predicted octanol–water partition coefficient (Wildman–Crippen LogP) is 3.14. The summed E-state index contributed by atoms with van der Waals surface area (Å²) in [6.45, 7) is 0.795. The van der Waals surface area contributed by atoms with Gasteiger partial charge in [0.1, 0.15) is 0 Å². The van der Waals surface area contributed by atoms with E-state index in [1.165, 1.54) is 4.57 Å². The lowest BCUT2D eigenvalue weighted by molar-refractivity contribution is 0.00577. The predicted molar refractivity (Wildman–Crippen MR) is 58.6 cm³/mol. The van der Waals surface area contributed by atoms with Gasteiger partial charge in [0.2, 0.25) is 10.6 Å². The molecule has 1 aromatic heterocycles. The fourth-order valence-electron chi connectivity index (χ4n) is 1.36. The molecule has 6 heteroatoms. The summed E-state index contributed by atoms with van der Waals surface area (Å²) in [6, 6.07) is 8.76. The zero-order chi connectivity index (χ0) is 11.8. The first-order valence-electron chi connectivity index (χ1n) is 4.55. The molecule has 0 aliphatic rings. The molecule has 0 aliphatic carbocycles. The fourth-order valence-corrected chi connectivity index (χ4v) is 1.81.